The Morgan fingerprint density at radius 3 is 2.48 bits per heavy atom. The monoisotopic (exact) mass is 475 g/mol. The molecule has 4 aromatic rings. The summed E-state index contributed by atoms with van der Waals surface area (Å²) in [5, 5.41) is 3.03. The van der Waals surface area contributed by atoms with E-state index < -0.39 is 0 Å². The highest BCUT2D eigenvalue weighted by Gasteiger charge is 2.33. The van der Waals surface area contributed by atoms with E-state index in [1.807, 2.05) is 60.8 Å². The van der Waals surface area contributed by atoms with Gasteiger partial charge in [-0.1, -0.05) is 42.5 Å². The first kappa shape index (κ1) is 19.6. The molecule has 0 aliphatic carbocycles. The molecule has 0 saturated heterocycles. The van der Waals surface area contributed by atoms with Gasteiger partial charge in [-0.05, 0) is 69.5 Å². The molecule has 0 spiro atoms. The molecule has 1 aromatic heterocycles. The van der Waals surface area contributed by atoms with E-state index in [0.717, 1.165) is 27.0 Å². The van der Waals surface area contributed by atoms with Gasteiger partial charge in [0.15, 0.2) is 0 Å². The van der Waals surface area contributed by atoms with Crippen LogP contribution in [0.25, 0.3) is 5.69 Å². The average molecular weight is 476 g/mol. The van der Waals surface area contributed by atoms with Gasteiger partial charge >= 0.3 is 6.03 Å². The number of hydrogen-bond donors (Lipinski definition) is 1. The third-order valence-corrected chi connectivity index (χ3v) is 6.22. The number of para-hydroxylation sites is 2. The minimum Gasteiger partial charge on any atom is -0.318 e. The Kier molecular flexibility index (Phi) is 5.08. The summed E-state index contributed by atoms with van der Waals surface area (Å²) in [5.74, 6) is -0.305. The van der Waals surface area contributed by atoms with E-state index in [1.165, 1.54) is 12.1 Å². The number of hydrogen-bond acceptors (Lipinski definition) is 1. The molecule has 0 radical (unpaired) electrons. The second-order valence-electron chi connectivity index (χ2n) is 7.42. The van der Waals surface area contributed by atoms with E-state index in [0.29, 0.717) is 12.2 Å². The van der Waals surface area contributed by atoms with Crippen LogP contribution in [0.15, 0.2) is 95.6 Å². The Balaban J connectivity index is 1.64. The van der Waals surface area contributed by atoms with Gasteiger partial charge in [-0.15, -0.1) is 0 Å². The third kappa shape index (κ3) is 3.64. The molecule has 0 fully saturated rings. The lowest BCUT2D eigenvalue weighted by Crippen LogP contribution is -2.38. The van der Waals surface area contributed by atoms with Crippen LogP contribution in [0.3, 0.4) is 0 Å². The average Bonchev–Trinajstić information content (AvgIpc) is 3.20. The van der Waals surface area contributed by atoms with E-state index in [4.69, 9.17) is 0 Å². The van der Waals surface area contributed by atoms with E-state index in [9.17, 15) is 9.18 Å². The maximum absolute atomic E-state index is 13.7. The van der Waals surface area contributed by atoms with Crippen molar-refractivity contribution < 1.29 is 9.18 Å². The summed E-state index contributed by atoms with van der Waals surface area (Å²) >= 11 is 3.50. The highest BCUT2D eigenvalue weighted by molar-refractivity contribution is 9.10. The maximum atomic E-state index is 13.7. The van der Waals surface area contributed by atoms with Crippen LogP contribution in [-0.4, -0.2) is 15.5 Å². The molecule has 2 heterocycles. The van der Waals surface area contributed by atoms with Crippen LogP contribution >= 0.6 is 15.9 Å². The fraction of sp³-hybridized carbons (Fsp3) is 0.0800. The molecule has 1 atom stereocenters. The van der Waals surface area contributed by atoms with E-state index in [2.05, 4.69) is 31.9 Å². The highest BCUT2D eigenvalue weighted by atomic mass is 79.9. The van der Waals surface area contributed by atoms with Crippen LogP contribution in [0.1, 0.15) is 22.9 Å². The van der Waals surface area contributed by atoms with E-state index in [1.54, 1.807) is 17.0 Å². The predicted molar refractivity (Wildman–Crippen MR) is 123 cm³/mol. The Labute approximate surface area is 188 Å². The molecule has 0 saturated carbocycles. The van der Waals surface area contributed by atoms with Gasteiger partial charge in [0.25, 0.3) is 0 Å². The quantitative estimate of drug-likeness (QED) is 0.352. The van der Waals surface area contributed by atoms with Gasteiger partial charge in [0, 0.05) is 16.4 Å². The number of amides is 2. The smallest absolute Gasteiger partial charge is 0.318 e. The highest BCUT2D eigenvalue weighted by Crippen LogP contribution is 2.37. The number of carbonyl (C=O) groups excluding carboxylic acids is 1. The summed E-state index contributed by atoms with van der Waals surface area (Å²) in [5.41, 5.74) is 4.55. The van der Waals surface area contributed by atoms with Crippen LogP contribution in [0, 0.1) is 5.82 Å². The molecule has 1 N–H and O–H groups in total. The third-order valence-electron chi connectivity index (χ3n) is 5.53. The molecule has 1 aliphatic rings. The zero-order valence-electron chi connectivity index (χ0n) is 16.5. The fourth-order valence-electron chi connectivity index (χ4n) is 4.08. The van der Waals surface area contributed by atoms with E-state index in [-0.39, 0.29) is 17.9 Å². The van der Waals surface area contributed by atoms with Gasteiger partial charge in [-0.3, -0.25) is 0 Å². The molecular weight excluding hydrogens is 457 g/mol. The summed E-state index contributed by atoms with van der Waals surface area (Å²) < 4.78 is 16.6. The summed E-state index contributed by atoms with van der Waals surface area (Å²) in [6, 6.07) is 25.3. The van der Waals surface area contributed by atoms with Crippen molar-refractivity contribution in [3.8, 4) is 5.69 Å². The number of halogens is 2. The number of aromatic nitrogens is 1. The number of nitrogens with zero attached hydrogens (tertiary/aromatic N) is 2. The van der Waals surface area contributed by atoms with Crippen molar-refractivity contribution in [2.75, 3.05) is 5.32 Å². The van der Waals surface area contributed by atoms with Gasteiger partial charge in [-0.25, -0.2) is 9.18 Å². The first-order valence-electron chi connectivity index (χ1n) is 9.95. The van der Waals surface area contributed by atoms with Crippen molar-refractivity contribution >= 4 is 27.6 Å². The van der Waals surface area contributed by atoms with Crippen molar-refractivity contribution in [3.63, 3.8) is 0 Å². The van der Waals surface area contributed by atoms with Crippen molar-refractivity contribution in [1.82, 2.24) is 9.47 Å². The SMILES string of the molecule is O=C(Nc1ccccc1Br)N1Cc2ccccc2-n2cccc2[C@H]1c1ccc(F)cc1. The first-order chi connectivity index (χ1) is 15.1. The summed E-state index contributed by atoms with van der Waals surface area (Å²) in [6.07, 6.45) is 2.00. The largest absolute Gasteiger partial charge is 0.323 e. The Bertz CT molecular complexity index is 1250. The van der Waals surface area contributed by atoms with Gasteiger partial charge in [0.1, 0.15) is 5.82 Å². The molecule has 4 nitrogen and oxygen atoms in total. The van der Waals surface area contributed by atoms with Crippen molar-refractivity contribution in [3.05, 3.63) is 118 Å². The topological polar surface area (TPSA) is 37.3 Å². The van der Waals surface area contributed by atoms with Crippen LogP contribution < -0.4 is 5.32 Å². The first-order valence-corrected chi connectivity index (χ1v) is 10.7. The second kappa shape index (κ2) is 8.04. The summed E-state index contributed by atoms with van der Waals surface area (Å²) in [7, 11) is 0. The number of carbonyl (C=O) groups is 1. The number of nitrogens with one attached hydrogen (secondary N) is 1. The normalized spacial score (nSPS) is 15.0. The van der Waals surface area contributed by atoms with Gasteiger partial charge < -0.3 is 14.8 Å². The number of fused-ring (bicyclic) bond motifs is 3. The van der Waals surface area contributed by atoms with Gasteiger partial charge in [0.2, 0.25) is 0 Å². The molecule has 31 heavy (non-hydrogen) atoms. The van der Waals surface area contributed by atoms with Crippen molar-refractivity contribution in [2.45, 2.75) is 12.6 Å². The minimum absolute atomic E-state index is 0.231. The van der Waals surface area contributed by atoms with Crippen molar-refractivity contribution in [1.29, 1.82) is 0 Å². The number of anilines is 1. The molecule has 0 unspecified atom stereocenters. The second-order valence-corrected chi connectivity index (χ2v) is 8.28. The Hall–Kier alpha value is -3.38. The lowest BCUT2D eigenvalue weighted by Gasteiger charge is -2.31. The number of urea groups is 1. The molecule has 3 aromatic carbocycles. The molecule has 2 amide bonds. The fourth-order valence-corrected chi connectivity index (χ4v) is 4.47. The zero-order valence-corrected chi connectivity index (χ0v) is 18.1. The predicted octanol–water partition coefficient (Wildman–Crippen LogP) is 6.52. The standard InChI is InChI=1S/C25H19BrFN3O/c26-20-7-2-3-8-21(20)28-25(31)30-16-18-6-1-4-9-22(18)29-15-5-10-23(29)24(30)17-11-13-19(27)14-12-17/h1-15,24H,16H2,(H,28,31)/t24-/m1/s1. The van der Waals surface area contributed by atoms with Gasteiger partial charge in [-0.2, -0.15) is 0 Å². The summed E-state index contributed by atoms with van der Waals surface area (Å²) in [6.45, 7) is 0.413. The molecule has 1 aliphatic heterocycles. The van der Waals surface area contributed by atoms with Crippen LogP contribution in [0.5, 0.6) is 0 Å². The number of rotatable bonds is 2. The molecule has 5 rings (SSSR count). The lowest BCUT2D eigenvalue weighted by atomic mass is 10.0. The maximum Gasteiger partial charge on any atom is 0.323 e. The van der Waals surface area contributed by atoms with Crippen LogP contribution in [-0.2, 0) is 6.54 Å². The molecule has 0 bridgehead atoms. The Morgan fingerprint density at radius 2 is 1.68 bits per heavy atom. The zero-order chi connectivity index (χ0) is 21.4. The minimum atomic E-state index is -0.384. The van der Waals surface area contributed by atoms with E-state index >= 15 is 0 Å². The summed E-state index contributed by atoms with van der Waals surface area (Å²) in [4.78, 5) is 15.4. The van der Waals surface area contributed by atoms with Crippen molar-refractivity contribution in [2.24, 2.45) is 0 Å². The van der Waals surface area contributed by atoms with Gasteiger partial charge in [0.05, 0.1) is 24.0 Å². The number of benzene rings is 3. The Morgan fingerprint density at radius 1 is 0.935 bits per heavy atom. The van der Waals surface area contributed by atoms with Crippen LogP contribution in [0.4, 0.5) is 14.9 Å². The molecule has 6 heteroatoms. The lowest BCUT2D eigenvalue weighted by molar-refractivity contribution is 0.194. The molecule has 154 valence electrons. The molecular formula is C25H19BrFN3O. The van der Waals surface area contributed by atoms with Crippen LogP contribution in [0.2, 0.25) is 0 Å².